The van der Waals surface area contributed by atoms with E-state index in [1.807, 2.05) is 0 Å². The van der Waals surface area contributed by atoms with E-state index in [9.17, 15) is 0 Å². The molecule has 1 heterocycles. The van der Waals surface area contributed by atoms with Crippen molar-refractivity contribution in [1.29, 1.82) is 0 Å². The van der Waals surface area contributed by atoms with Gasteiger partial charge in [0.15, 0.2) is 0 Å². The largest absolute Gasteiger partial charge is 0.481 e. The van der Waals surface area contributed by atoms with Gasteiger partial charge in [0.2, 0.25) is 5.88 Å². The van der Waals surface area contributed by atoms with Crippen LogP contribution in [0, 0.1) is 0 Å². The van der Waals surface area contributed by atoms with Gasteiger partial charge in [0.1, 0.15) is 0 Å². The molecule has 0 fully saturated rings. The summed E-state index contributed by atoms with van der Waals surface area (Å²) in [6.07, 6.45) is 0. The SMILES string of the molecule is COc1nc(C(C)C)ccc1C(C)(C)C. The second-order valence-electron chi connectivity index (χ2n) is 5.20. The molecule has 1 rings (SSSR count). The number of hydrogen-bond acceptors (Lipinski definition) is 2. The van der Waals surface area contributed by atoms with Crippen LogP contribution in [0.25, 0.3) is 0 Å². The predicted molar refractivity (Wildman–Crippen MR) is 63.6 cm³/mol. The van der Waals surface area contributed by atoms with Crippen molar-refractivity contribution in [2.24, 2.45) is 0 Å². The Balaban J connectivity index is 3.21. The summed E-state index contributed by atoms with van der Waals surface area (Å²) in [7, 11) is 1.68. The van der Waals surface area contributed by atoms with Crippen molar-refractivity contribution in [3.8, 4) is 5.88 Å². The molecule has 1 aromatic rings. The Morgan fingerprint density at radius 2 is 1.80 bits per heavy atom. The van der Waals surface area contributed by atoms with E-state index in [1.54, 1.807) is 7.11 Å². The molecule has 0 aromatic carbocycles. The van der Waals surface area contributed by atoms with Crippen LogP contribution in [0.3, 0.4) is 0 Å². The second-order valence-corrected chi connectivity index (χ2v) is 5.20. The molecule has 0 amide bonds. The van der Waals surface area contributed by atoms with Gasteiger partial charge in [0.05, 0.1) is 7.11 Å². The van der Waals surface area contributed by atoms with Crippen molar-refractivity contribution < 1.29 is 4.74 Å². The Bertz CT molecular complexity index is 337. The van der Waals surface area contributed by atoms with Gasteiger partial charge < -0.3 is 4.74 Å². The Hall–Kier alpha value is -1.05. The smallest absolute Gasteiger partial charge is 0.217 e. The zero-order valence-electron chi connectivity index (χ0n) is 10.6. The first-order chi connectivity index (χ1) is 6.86. The van der Waals surface area contributed by atoms with Crippen LogP contribution in [0.15, 0.2) is 12.1 Å². The Labute approximate surface area is 92.7 Å². The fourth-order valence-corrected chi connectivity index (χ4v) is 1.50. The lowest BCUT2D eigenvalue weighted by Gasteiger charge is -2.22. The van der Waals surface area contributed by atoms with E-state index in [1.165, 1.54) is 0 Å². The van der Waals surface area contributed by atoms with Crippen molar-refractivity contribution in [2.45, 2.75) is 46.0 Å². The van der Waals surface area contributed by atoms with E-state index in [-0.39, 0.29) is 5.41 Å². The van der Waals surface area contributed by atoms with Gasteiger partial charge in [-0.2, -0.15) is 0 Å². The Kier molecular flexibility index (Phi) is 3.38. The second kappa shape index (κ2) is 4.21. The lowest BCUT2D eigenvalue weighted by Crippen LogP contribution is -2.14. The lowest BCUT2D eigenvalue weighted by atomic mass is 9.87. The fourth-order valence-electron chi connectivity index (χ4n) is 1.50. The van der Waals surface area contributed by atoms with Crippen molar-refractivity contribution in [2.75, 3.05) is 7.11 Å². The molecule has 0 aliphatic rings. The van der Waals surface area contributed by atoms with Crippen molar-refractivity contribution >= 4 is 0 Å². The minimum Gasteiger partial charge on any atom is -0.481 e. The Morgan fingerprint density at radius 3 is 2.20 bits per heavy atom. The monoisotopic (exact) mass is 207 g/mol. The predicted octanol–water partition coefficient (Wildman–Crippen LogP) is 3.51. The maximum atomic E-state index is 5.35. The van der Waals surface area contributed by atoms with Crippen LogP contribution in [0.4, 0.5) is 0 Å². The van der Waals surface area contributed by atoms with Crippen LogP contribution < -0.4 is 4.74 Å². The van der Waals surface area contributed by atoms with Gasteiger partial charge >= 0.3 is 0 Å². The lowest BCUT2D eigenvalue weighted by molar-refractivity contribution is 0.378. The summed E-state index contributed by atoms with van der Waals surface area (Å²) < 4.78 is 5.35. The van der Waals surface area contributed by atoms with Crippen LogP contribution in [0.2, 0.25) is 0 Å². The van der Waals surface area contributed by atoms with E-state index < -0.39 is 0 Å². The number of rotatable bonds is 2. The van der Waals surface area contributed by atoms with E-state index in [0.717, 1.165) is 17.1 Å². The van der Waals surface area contributed by atoms with Gasteiger partial charge in [0, 0.05) is 11.3 Å². The Morgan fingerprint density at radius 1 is 1.20 bits per heavy atom. The highest BCUT2D eigenvalue weighted by molar-refractivity contribution is 5.34. The summed E-state index contributed by atoms with van der Waals surface area (Å²) in [5, 5.41) is 0. The molecule has 0 atom stereocenters. The number of methoxy groups -OCH3 is 1. The van der Waals surface area contributed by atoms with Gasteiger partial charge in [-0.3, -0.25) is 0 Å². The van der Waals surface area contributed by atoms with Gasteiger partial charge in [0.25, 0.3) is 0 Å². The molecule has 2 nitrogen and oxygen atoms in total. The molecular formula is C13H21NO. The number of hydrogen-bond donors (Lipinski definition) is 0. The molecule has 0 saturated heterocycles. The van der Waals surface area contributed by atoms with Crippen molar-refractivity contribution in [3.63, 3.8) is 0 Å². The first-order valence-electron chi connectivity index (χ1n) is 5.41. The average Bonchev–Trinajstić information content (AvgIpc) is 2.15. The molecule has 0 radical (unpaired) electrons. The molecule has 84 valence electrons. The average molecular weight is 207 g/mol. The quantitative estimate of drug-likeness (QED) is 0.740. The first kappa shape index (κ1) is 12.0. The zero-order chi connectivity index (χ0) is 11.6. The third-order valence-corrected chi connectivity index (χ3v) is 2.47. The van der Waals surface area contributed by atoms with Gasteiger partial charge in [-0.25, -0.2) is 4.98 Å². The number of aromatic nitrogens is 1. The van der Waals surface area contributed by atoms with Crippen molar-refractivity contribution in [3.05, 3.63) is 23.4 Å². The van der Waals surface area contributed by atoms with Crippen LogP contribution >= 0.6 is 0 Å². The first-order valence-corrected chi connectivity index (χ1v) is 5.41. The molecule has 0 aliphatic heterocycles. The molecule has 0 N–H and O–H groups in total. The zero-order valence-corrected chi connectivity index (χ0v) is 10.6. The van der Waals surface area contributed by atoms with Crippen LogP contribution in [0.1, 0.15) is 51.8 Å². The standard InChI is InChI=1S/C13H21NO/c1-9(2)11-8-7-10(13(3,4)5)12(14-11)15-6/h7-9H,1-6H3. The number of pyridine rings is 1. The topological polar surface area (TPSA) is 22.1 Å². The van der Waals surface area contributed by atoms with Crippen molar-refractivity contribution in [1.82, 2.24) is 4.98 Å². The highest BCUT2D eigenvalue weighted by Gasteiger charge is 2.20. The molecule has 1 aromatic heterocycles. The summed E-state index contributed by atoms with van der Waals surface area (Å²) >= 11 is 0. The van der Waals surface area contributed by atoms with Gasteiger partial charge in [-0.15, -0.1) is 0 Å². The molecule has 0 bridgehead atoms. The van der Waals surface area contributed by atoms with E-state index in [4.69, 9.17) is 4.74 Å². The minimum absolute atomic E-state index is 0.0772. The molecule has 0 unspecified atom stereocenters. The molecule has 2 heteroatoms. The molecule has 0 saturated carbocycles. The normalized spacial score (nSPS) is 11.9. The molecular weight excluding hydrogens is 186 g/mol. The molecule has 0 aliphatic carbocycles. The maximum Gasteiger partial charge on any atom is 0.217 e. The molecule has 0 spiro atoms. The number of ether oxygens (including phenoxy) is 1. The third-order valence-electron chi connectivity index (χ3n) is 2.47. The summed E-state index contributed by atoms with van der Waals surface area (Å²) in [5.41, 5.74) is 2.32. The van der Waals surface area contributed by atoms with Crippen LogP contribution in [-0.4, -0.2) is 12.1 Å². The highest BCUT2D eigenvalue weighted by atomic mass is 16.5. The van der Waals surface area contributed by atoms with Gasteiger partial charge in [-0.1, -0.05) is 40.7 Å². The fraction of sp³-hybridized carbons (Fsp3) is 0.615. The van der Waals surface area contributed by atoms with Gasteiger partial charge in [-0.05, 0) is 17.4 Å². The summed E-state index contributed by atoms with van der Waals surface area (Å²) in [6, 6.07) is 4.22. The van der Waals surface area contributed by atoms with Crippen LogP contribution in [0.5, 0.6) is 5.88 Å². The summed E-state index contributed by atoms with van der Waals surface area (Å²) in [5.74, 6) is 1.20. The summed E-state index contributed by atoms with van der Waals surface area (Å²) in [4.78, 5) is 4.53. The number of nitrogens with zero attached hydrogens (tertiary/aromatic N) is 1. The maximum absolute atomic E-state index is 5.35. The highest BCUT2D eigenvalue weighted by Crippen LogP contribution is 2.30. The van der Waals surface area contributed by atoms with E-state index in [0.29, 0.717) is 5.92 Å². The third kappa shape index (κ3) is 2.71. The van der Waals surface area contributed by atoms with E-state index in [2.05, 4.69) is 51.7 Å². The minimum atomic E-state index is 0.0772. The summed E-state index contributed by atoms with van der Waals surface area (Å²) in [6.45, 7) is 10.8. The molecule has 15 heavy (non-hydrogen) atoms. The van der Waals surface area contributed by atoms with E-state index >= 15 is 0 Å². The van der Waals surface area contributed by atoms with Crippen LogP contribution in [-0.2, 0) is 5.41 Å².